The van der Waals surface area contributed by atoms with Crippen LogP contribution in [-0.2, 0) is 4.79 Å². The van der Waals surface area contributed by atoms with Crippen LogP contribution >= 0.6 is 11.3 Å². The first kappa shape index (κ1) is 22.1. The maximum atomic E-state index is 13.2. The number of benzene rings is 2. The lowest BCUT2D eigenvalue weighted by atomic mass is 9.96. The number of amides is 1. The molecular weight excluding hydrogens is 457 g/mol. The molecule has 1 N–H and O–H groups in total. The third-order valence-corrected chi connectivity index (χ3v) is 6.96. The van der Waals surface area contributed by atoms with Crippen molar-refractivity contribution < 1.29 is 18.7 Å². The Morgan fingerprint density at radius 3 is 2.56 bits per heavy atom. The predicted octanol–water partition coefficient (Wildman–Crippen LogP) is 4.47. The average Bonchev–Trinajstić information content (AvgIpc) is 3.44. The lowest BCUT2D eigenvalue weighted by Gasteiger charge is -2.30. The van der Waals surface area contributed by atoms with Crippen molar-refractivity contribution in [3.63, 3.8) is 0 Å². The van der Waals surface area contributed by atoms with Crippen LogP contribution in [0.15, 0.2) is 48.7 Å². The summed E-state index contributed by atoms with van der Waals surface area (Å²) < 4.78 is 25.5. The zero-order chi connectivity index (χ0) is 23.7. The van der Waals surface area contributed by atoms with E-state index in [4.69, 9.17) is 9.47 Å². The molecular formula is C24H24FN5O3S. The molecule has 176 valence electrons. The normalized spacial score (nSPS) is 14.4. The summed E-state index contributed by atoms with van der Waals surface area (Å²) in [6.07, 6.45) is 3.31. The van der Waals surface area contributed by atoms with Gasteiger partial charge in [0, 0.05) is 30.6 Å². The van der Waals surface area contributed by atoms with Crippen LogP contribution in [0.2, 0.25) is 0 Å². The molecule has 0 unspecified atom stereocenters. The van der Waals surface area contributed by atoms with Gasteiger partial charge in [-0.25, -0.2) is 13.9 Å². The number of carbonyl (C=O) groups is 1. The zero-order valence-electron chi connectivity index (χ0n) is 18.8. The van der Waals surface area contributed by atoms with E-state index >= 15 is 0 Å². The topological polar surface area (TPSA) is 81.0 Å². The van der Waals surface area contributed by atoms with Gasteiger partial charge < -0.3 is 19.7 Å². The fourth-order valence-electron chi connectivity index (χ4n) is 4.05. The Bertz CT molecular complexity index is 1280. The van der Waals surface area contributed by atoms with E-state index in [0.717, 1.165) is 47.3 Å². The van der Waals surface area contributed by atoms with Crippen molar-refractivity contribution in [2.75, 3.05) is 37.5 Å². The van der Waals surface area contributed by atoms with Gasteiger partial charge in [-0.2, -0.15) is 0 Å². The molecule has 0 saturated carbocycles. The summed E-state index contributed by atoms with van der Waals surface area (Å²) >= 11 is 1.51. The summed E-state index contributed by atoms with van der Waals surface area (Å²) in [6, 6.07) is 11.6. The van der Waals surface area contributed by atoms with E-state index in [1.807, 2.05) is 6.20 Å². The highest BCUT2D eigenvalue weighted by molar-refractivity contribution is 7.20. The van der Waals surface area contributed by atoms with Crippen LogP contribution < -0.4 is 19.7 Å². The molecule has 0 aliphatic carbocycles. The van der Waals surface area contributed by atoms with Crippen LogP contribution in [0.4, 0.5) is 15.2 Å². The second-order valence-corrected chi connectivity index (χ2v) is 9.00. The van der Waals surface area contributed by atoms with Gasteiger partial charge in [0.25, 0.3) is 0 Å². The van der Waals surface area contributed by atoms with E-state index in [1.54, 1.807) is 49.1 Å². The Balaban J connectivity index is 1.21. The number of halogens is 1. The minimum atomic E-state index is -0.273. The van der Waals surface area contributed by atoms with Gasteiger partial charge in [-0.3, -0.25) is 4.79 Å². The summed E-state index contributed by atoms with van der Waals surface area (Å²) in [7, 11) is 3.15. The van der Waals surface area contributed by atoms with Crippen molar-refractivity contribution in [1.82, 2.24) is 14.6 Å². The summed E-state index contributed by atoms with van der Waals surface area (Å²) in [6.45, 7) is 1.47. The highest BCUT2D eigenvalue weighted by atomic mass is 32.1. The van der Waals surface area contributed by atoms with Crippen LogP contribution in [0.1, 0.15) is 12.8 Å². The number of hydrogen-bond donors (Lipinski definition) is 1. The van der Waals surface area contributed by atoms with Crippen molar-refractivity contribution in [3.8, 4) is 22.8 Å². The summed E-state index contributed by atoms with van der Waals surface area (Å²) in [4.78, 5) is 20.5. The molecule has 3 heterocycles. The van der Waals surface area contributed by atoms with Crippen LogP contribution in [0.3, 0.4) is 0 Å². The first-order valence-electron chi connectivity index (χ1n) is 10.9. The van der Waals surface area contributed by atoms with Gasteiger partial charge in [-0.1, -0.05) is 11.3 Å². The molecule has 2 aromatic heterocycles. The van der Waals surface area contributed by atoms with E-state index in [-0.39, 0.29) is 17.6 Å². The highest BCUT2D eigenvalue weighted by Crippen LogP contribution is 2.32. The quantitative estimate of drug-likeness (QED) is 0.438. The van der Waals surface area contributed by atoms with Crippen molar-refractivity contribution >= 4 is 33.0 Å². The molecule has 0 bridgehead atoms. The van der Waals surface area contributed by atoms with Gasteiger partial charge >= 0.3 is 0 Å². The van der Waals surface area contributed by atoms with Crippen LogP contribution in [-0.4, -0.2) is 47.8 Å². The minimum Gasteiger partial charge on any atom is -0.497 e. The molecule has 8 nitrogen and oxygen atoms in total. The van der Waals surface area contributed by atoms with Crippen LogP contribution in [0.5, 0.6) is 11.5 Å². The van der Waals surface area contributed by atoms with Crippen molar-refractivity contribution in [3.05, 3.63) is 54.5 Å². The Kier molecular flexibility index (Phi) is 6.06. The average molecular weight is 482 g/mol. The summed E-state index contributed by atoms with van der Waals surface area (Å²) in [5, 5.41) is 8.54. The first-order chi connectivity index (χ1) is 16.5. The van der Waals surface area contributed by atoms with Gasteiger partial charge in [0.2, 0.25) is 16.0 Å². The summed E-state index contributed by atoms with van der Waals surface area (Å²) in [5.41, 5.74) is 2.24. The molecule has 5 rings (SSSR count). The zero-order valence-corrected chi connectivity index (χ0v) is 19.6. The highest BCUT2D eigenvalue weighted by Gasteiger charge is 2.27. The maximum absolute atomic E-state index is 13.2. The van der Waals surface area contributed by atoms with Gasteiger partial charge in [0.05, 0.1) is 31.8 Å². The van der Waals surface area contributed by atoms with Gasteiger partial charge in [0.1, 0.15) is 17.3 Å². The van der Waals surface area contributed by atoms with E-state index in [0.29, 0.717) is 17.2 Å². The fraction of sp³-hybridized carbons (Fsp3) is 0.292. The smallest absolute Gasteiger partial charge is 0.227 e. The predicted molar refractivity (Wildman–Crippen MR) is 129 cm³/mol. The number of methoxy groups -OCH3 is 2. The Labute approximate surface area is 199 Å². The number of nitrogens with zero attached hydrogens (tertiary/aromatic N) is 4. The standard InChI is InChI=1S/C24H24FN5O3S/c1-32-18-7-8-19(21(13-18)33-2)26-22(31)16-9-11-29(12-10-16)24-28-30-14-20(27-23(30)34-24)15-3-5-17(25)6-4-15/h3-8,13-14,16H,9-12H2,1-2H3,(H,26,31). The molecule has 1 aliphatic heterocycles. The molecule has 0 atom stereocenters. The minimum absolute atomic E-state index is 0.0130. The lowest BCUT2D eigenvalue weighted by molar-refractivity contribution is -0.120. The molecule has 10 heteroatoms. The van der Waals surface area contributed by atoms with E-state index < -0.39 is 0 Å². The number of nitrogens with one attached hydrogen (secondary N) is 1. The largest absolute Gasteiger partial charge is 0.497 e. The Morgan fingerprint density at radius 2 is 1.88 bits per heavy atom. The number of aromatic nitrogens is 3. The number of imidazole rings is 1. The number of ether oxygens (including phenoxy) is 2. The van der Waals surface area contributed by atoms with E-state index in [1.165, 1.54) is 23.5 Å². The molecule has 1 fully saturated rings. The molecule has 2 aromatic carbocycles. The molecule has 1 amide bonds. The third kappa shape index (κ3) is 4.41. The SMILES string of the molecule is COc1ccc(NC(=O)C2CCN(c3nn4cc(-c5ccc(F)cc5)nc4s3)CC2)c(OC)c1. The number of fused-ring (bicyclic) bond motifs is 1. The molecule has 0 spiro atoms. The van der Waals surface area contributed by atoms with Crippen LogP contribution in [0.25, 0.3) is 16.2 Å². The lowest BCUT2D eigenvalue weighted by Crippen LogP contribution is -2.38. The summed E-state index contributed by atoms with van der Waals surface area (Å²) in [5.74, 6) is 0.864. The second-order valence-electron chi connectivity index (χ2n) is 8.06. The van der Waals surface area contributed by atoms with Crippen LogP contribution in [0, 0.1) is 11.7 Å². The number of anilines is 2. The third-order valence-electron chi connectivity index (χ3n) is 5.98. The van der Waals surface area contributed by atoms with Crippen molar-refractivity contribution in [1.29, 1.82) is 0 Å². The van der Waals surface area contributed by atoms with Gasteiger partial charge in [-0.15, -0.1) is 5.10 Å². The molecule has 1 saturated heterocycles. The molecule has 1 aliphatic rings. The van der Waals surface area contributed by atoms with Crippen molar-refractivity contribution in [2.24, 2.45) is 5.92 Å². The second kappa shape index (κ2) is 9.30. The molecule has 34 heavy (non-hydrogen) atoms. The Hall–Kier alpha value is -3.66. The monoisotopic (exact) mass is 481 g/mol. The molecule has 0 radical (unpaired) electrons. The van der Waals surface area contributed by atoms with E-state index in [9.17, 15) is 9.18 Å². The number of hydrogen-bond acceptors (Lipinski definition) is 7. The maximum Gasteiger partial charge on any atom is 0.227 e. The fourth-order valence-corrected chi connectivity index (χ4v) is 4.98. The first-order valence-corrected chi connectivity index (χ1v) is 11.8. The molecule has 4 aromatic rings. The van der Waals surface area contributed by atoms with Gasteiger partial charge in [0.15, 0.2) is 0 Å². The number of rotatable bonds is 6. The Morgan fingerprint density at radius 1 is 1.12 bits per heavy atom. The van der Waals surface area contributed by atoms with E-state index in [2.05, 4.69) is 20.3 Å². The van der Waals surface area contributed by atoms with Gasteiger partial charge in [-0.05, 0) is 49.2 Å². The van der Waals surface area contributed by atoms with Crippen molar-refractivity contribution in [2.45, 2.75) is 12.8 Å². The number of carbonyl (C=O) groups excluding carboxylic acids is 1. The number of piperidine rings is 1.